The fourth-order valence-electron chi connectivity index (χ4n) is 1.86. The first-order chi connectivity index (χ1) is 10.3. The summed E-state index contributed by atoms with van der Waals surface area (Å²) < 4.78 is 36.1. The molecule has 0 saturated carbocycles. The molecule has 0 aliphatic carbocycles. The summed E-state index contributed by atoms with van der Waals surface area (Å²) in [5, 5.41) is 16.2. The number of benzene rings is 1. The van der Waals surface area contributed by atoms with Crippen molar-refractivity contribution in [2.75, 3.05) is 6.54 Å². The summed E-state index contributed by atoms with van der Waals surface area (Å²) in [6, 6.07) is 5.69. The van der Waals surface area contributed by atoms with Crippen LogP contribution in [0.15, 0.2) is 29.4 Å². The van der Waals surface area contributed by atoms with Crippen molar-refractivity contribution in [1.29, 1.82) is 0 Å². The number of hydrogen-bond acceptors (Lipinski definition) is 5. The Hall–Kier alpha value is -2.65. The van der Waals surface area contributed by atoms with E-state index in [1.54, 1.807) is 11.4 Å². The van der Waals surface area contributed by atoms with Crippen LogP contribution in [0, 0.1) is 10.1 Å². The topological polar surface area (TPSA) is 93.8 Å². The van der Waals surface area contributed by atoms with Crippen LogP contribution < -0.4 is 5.32 Å². The van der Waals surface area contributed by atoms with E-state index in [2.05, 4.69) is 5.16 Å². The predicted molar refractivity (Wildman–Crippen MR) is 68.2 cm³/mol. The maximum atomic E-state index is 12.0. The molecule has 22 heavy (non-hydrogen) atoms. The number of carbonyl (C=O) groups is 1. The summed E-state index contributed by atoms with van der Waals surface area (Å²) >= 11 is 0. The summed E-state index contributed by atoms with van der Waals surface area (Å²) in [7, 11) is 0. The minimum Gasteiger partial charge on any atom is -0.382 e. The van der Waals surface area contributed by atoms with Crippen molar-refractivity contribution >= 4 is 17.3 Å². The third-order valence-corrected chi connectivity index (χ3v) is 2.84. The van der Waals surface area contributed by atoms with E-state index in [4.69, 9.17) is 4.84 Å². The Morgan fingerprint density at radius 2 is 2.14 bits per heavy atom. The number of rotatable bonds is 4. The van der Waals surface area contributed by atoms with Crippen LogP contribution in [0.2, 0.25) is 0 Å². The molecule has 0 bridgehead atoms. The summed E-state index contributed by atoms with van der Waals surface area (Å²) in [6.07, 6.45) is -5.91. The number of para-hydroxylation sites is 1. The molecule has 0 unspecified atom stereocenters. The first-order valence-corrected chi connectivity index (χ1v) is 6.09. The molecule has 1 amide bonds. The normalized spacial score (nSPS) is 17.6. The molecule has 7 nitrogen and oxygen atoms in total. The van der Waals surface area contributed by atoms with E-state index in [0.29, 0.717) is 0 Å². The molecule has 0 spiro atoms. The van der Waals surface area contributed by atoms with Crippen molar-refractivity contribution in [3.63, 3.8) is 0 Å². The lowest BCUT2D eigenvalue weighted by Gasteiger charge is -2.11. The monoisotopic (exact) mass is 317 g/mol. The number of nitrogens with zero attached hydrogens (tertiary/aromatic N) is 2. The number of carbonyl (C=O) groups excluding carboxylic acids is 1. The second-order valence-corrected chi connectivity index (χ2v) is 4.44. The quantitative estimate of drug-likeness (QED) is 0.676. The average molecular weight is 317 g/mol. The lowest BCUT2D eigenvalue weighted by atomic mass is 10.0. The number of hydrogen-bond donors (Lipinski definition) is 1. The molecule has 1 aromatic carbocycles. The lowest BCUT2D eigenvalue weighted by Crippen LogP contribution is -2.40. The van der Waals surface area contributed by atoms with Crippen LogP contribution in [0.5, 0.6) is 0 Å². The molecule has 1 heterocycles. The SMILES string of the molecule is O=C(NCC(F)(F)F)[C@@H]1CC(c2ccccc2[N+](=O)[O-])=NO1. The summed E-state index contributed by atoms with van der Waals surface area (Å²) in [5.74, 6) is -0.977. The minimum absolute atomic E-state index is 0.138. The highest BCUT2D eigenvalue weighted by Crippen LogP contribution is 2.24. The van der Waals surface area contributed by atoms with Crippen LogP contribution in [0.25, 0.3) is 0 Å². The number of oxime groups is 1. The molecule has 1 aromatic rings. The summed E-state index contributed by atoms with van der Waals surface area (Å²) in [4.78, 5) is 26.6. The van der Waals surface area contributed by atoms with E-state index in [9.17, 15) is 28.1 Å². The second-order valence-electron chi connectivity index (χ2n) is 4.44. The zero-order chi connectivity index (χ0) is 16.3. The fraction of sp³-hybridized carbons (Fsp3) is 0.333. The highest BCUT2D eigenvalue weighted by Gasteiger charge is 2.34. The molecular weight excluding hydrogens is 307 g/mol. The highest BCUT2D eigenvalue weighted by atomic mass is 19.4. The first kappa shape index (κ1) is 15.7. The van der Waals surface area contributed by atoms with Crippen LogP contribution in [-0.4, -0.2) is 35.4 Å². The number of alkyl halides is 3. The van der Waals surface area contributed by atoms with Crippen molar-refractivity contribution in [2.45, 2.75) is 18.7 Å². The van der Waals surface area contributed by atoms with Crippen LogP contribution in [-0.2, 0) is 9.63 Å². The van der Waals surface area contributed by atoms with E-state index in [1.165, 1.54) is 18.2 Å². The van der Waals surface area contributed by atoms with Crippen molar-refractivity contribution in [2.24, 2.45) is 5.16 Å². The van der Waals surface area contributed by atoms with E-state index in [1.807, 2.05) is 0 Å². The number of nitro benzene ring substituents is 1. The van der Waals surface area contributed by atoms with Gasteiger partial charge >= 0.3 is 6.18 Å². The molecule has 0 saturated heterocycles. The second kappa shape index (κ2) is 6.00. The largest absolute Gasteiger partial charge is 0.405 e. The van der Waals surface area contributed by atoms with Crippen molar-refractivity contribution in [3.8, 4) is 0 Å². The summed E-state index contributed by atoms with van der Waals surface area (Å²) in [6.45, 7) is -1.48. The van der Waals surface area contributed by atoms with Crippen LogP contribution in [0.1, 0.15) is 12.0 Å². The van der Waals surface area contributed by atoms with E-state index < -0.39 is 29.7 Å². The van der Waals surface area contributed by atoms with Crippen molar-refractivity contribution in [1.82, 2.24) is 5.32 Å². The zero-order valence-electron chi connectivity index (χ0n) is 11.0. The highest BCUT2D eigenvalue weighted by molar-refractivity contribution is 6.06. The number of amides is 1. The smallest absolute Gasteiger partial charge is 0.382 e. The molecule has 1 N–H and O–H groups in total. The third-order valence-electron chi connectivity index (χ3n) is 2.84. The maximum Gasteiger partial charge on any atom is 0.405 e. The van der Waals surface area contributed by atoms with Gasteiger partial charge in [0.1, 0.15) is 6.54 Å². The van der Waals surface area contributed by atoms with Gasteiger partial charge in [-0.3, -0.25) is 14.9 Å². The van der Waals surface area contributed by atoms with Gasteiger partial charge in [-0.1, -0.05) is 17.3 Å². The van der Waals surface area contributed by atoms with E-state index in [-0.39, 0.29) is 23.4 Å². The average Bonchev–Trinajstić information content (AvgIpc) is 2.93. The van der Waals surface area contributed by atoms with E-state index >= 15 is 0 Å². The van der Waals surface area contributed by atoms with Crippen molar-refractivity contribution in [3.05, 3.63) is 39.9 Å². The number of nitrogens with one attached hydrogen (secondary N) is 1. The number of halogens is 3. The lowest BCUT2D eigenvalue weighted by molar-refractivity contribution is -0.385. The molecule has 1 aliphatic rings. The standard InChI is InChI=1S/C12H10F3N3O4/c13-12(14,15)6-16-11(19)10-5-8(17-22-10)7-3-1-2-4-9(7)18(20)21/h1-4,10H,5-6H2,(H,16,19)/t10-/m0/s1. The van der Waals surface area contributed by atoms with Crippen LogP contribution >= 0.6 is 0 Å². The van der Waals surface area contributed by atoms with E-state index in [0.717, 1.165) is 0 Å². The van der Waals surface area contributed by atoms with Gasteiger partial charge in [-0.15, -0.1) is 0 Å². The molecule has 1 aliphatic heterocycles. The number of nitro groups is 1. The van der Waals surface area contributed by atoms with Gasteiger partial charge in [-0.2, -0.15) is 13.2 Å². The van der Waals surface area contributed by atoms with Gasteiger partial charge < -0.3 is 10.2 Å². The molecule has 1 atom stereocenters. The molecule has 0 aromatic heterocycles. The van der Waals surface area contributed by atoms with Crippen LogP contribution in [0.4, 0.5) is 18.9 Å². The maximum absolute atomic E-state index is 12.0. The predicted octanol–water partition coefficient (Wildman–Crippen LogP) is 1.77. The Balaban J connectivity index is 2.04. The molecule has 10 heteroatoms. The Labute approximate surface area is 121 Å². The fourth-order valence-corrected chi connectivity index (χ4v) is 1.86. The molecule has 0 radical (unpaired) electrons. The molecule has 2 rings (SSSR count). The van der Waals surface area contributed by atoms with Gasteiger partial charge in [-0.05, 0) is 6.07 Å². The third kappa shape index (κ3) is 3.71. The first-order valence-electron chi connectivity index (χ1n) is 6.09. The Morgan fingerprint density at radius 3 is 2.77 bits per heavy atom. The zero-order valence-corrected chi connectivity index (χ0v) is 11.0. The summed E-state index contributed by atoms with van der Waals surface area (Å²) in [5.41, 5.74) is 0.0827. The molecule has 0 fully saturated rings. The molecule has 118 valence electrons. The molecular formula is C12H10F3N3O4. The van der Waals surface area contributed by atoms with Crippen molar-refractivity contribution < 1.29 is 27.7 Å². The van der Waals surface area contributed by atoms with Gasteiger partial charge in [0, 0.05) is 12.5 Å². The minimum atomic E-state index is -4.53. The Bertz CT molecular complexity index is 630. The van der Waals surface area contributed by atoms with Gasteiger partial charge in [0.15, 0.2) is 0 Å². The van der Waals surface area contributed by atoms with Gasteiger partial charge in [0.2, 0.25) is 6.10 Å². The van der Waals surface area contributed by atoms with Gasteiger partial charge in [-0.25, -0.2) is 0 Å². The Kier molecular flexibility index (Phi) is 4.29. The Morgan fingerprint density at radius 1 is 1.45 bits per heavy atom. The van der Waals surface area contributed by atoms with Crippen LogP contribution in [0.3, 0.4) is 0 Å². The van der Waals surface area contributed by atoms with Gasteiger partial charge in [0.05, 0.1) is 16.2 Å². The van der Waals surface area contributed by atoms with Gasteiger partial charge in [0.25, 0.3) is 11.6 Å².